The Morgan fingerprint density at radius 3 is 0.671 bits per heavy atom. The fourth-order valence-corrected chi connectivity index (χ4v) is 13.8. The molecule has 3 aliphatic carbocycles. The lowest BCUT2D eigenvalue weighted by Crippen LogP contribution is -2.54. The Balaban J connectivity index is 1.04. The molecule has 70 heavy (non-hydrogen) atoms. The van der Waals surface area contributed by atoms with Gasteiger partial charge in [-0.1, -0.05) is 38.5 Å². The highest BCUT2D eigenvalue weighted by atomic mass is 16.2. The average Bonchev–Trinajstić information content (AvgIpc) is 3.96. The van der Waals surface area contributed by atoms with Crippen LogP contribution in [0.5, 0.6) is 0 Å². The van der Waals surface area contributed by atoms with Crippen molar-refractivity contribution in [2.24, 2.45) is 0 Å². The first kappa shape index (κ1) is 41.0. The molecule has 3 saturated carbocycles. The molecular weight excluding hydrogens is 901 g/mol. The third-order valence-electron chi connectivity index (χ3n) is 16.9. The van der Waals surface area contributed by atoms with E-state index in [0.29, 0.717) is 38.5 Å². The van der Waals surface area contributed by atoms with E-state index in [0.717, 1.165) is 28.1 Å². The smallest absolute Gasteiger partial charge is 0.261 e. The summed E-state index contributed by atoms with van der Waals surface area (Å²) < 4.78 is 4.06. The summed E-state index contributed by atoms with van der Waals surface area (Å²) in [6, 6.07) is 4.63. The quantitative estimate of drug-likeness (QED) is 0.199. The molecule has 18 nitrogen and oxygen atoms in total. The Morgan fingerprint density at radius 2 is 0.457 bits per heavy atom. The molecule has 4 aromatic carbocycles. The molecule has 0 saturated heterocycles. The molecule has 18 heterocycles. The summed E-state index contributed by atoms with van der Waals surface area (Å²) in [4.78, 5) is 178. The van der Waals surface area contributed by atoms with Crippen molar-refractivity contribution in [2.45, 2.75) is 113 Å². The highest BCUT2D eigenvalue weighted by Gasteiger charge is 2.48. The number of nitrogens with zero attached hydrogens (tertiary/aromatic N) is 6. The lowest BCUT2D eigenvalue weighted by atomic mass is 9.82. The highest BCUT2D eigenvalue weighted by Crippen LogP contribution is 2.44. The predicted octanol–water partition coefficient (Wildman–Crippen LogP) is 3.52. The number of hydrogen-bond acceptors (Lipinski definition) is 12. The van der Waals surface area contributed by atoms with Crippen LogP contribution < -0.4 is 44.5 Å². The molecule has 20 bridgehead atoms. The van der Waals surface area contributed by atoms with E-state index in [1.807, 2.05) is 0 Å². The maximum Gasteiger partial charge on any atom is 0.261 e. The summed E-state index contributed by atoms with van der Waals surface area (Å²) in [5.41, 5.74) is -5.99. The van der Waals surface area contributed by atoms with Crippen LogP contribution >= 0.6 is 0 Å². The summed E-state index contributed by atoms with van der Waals surface area (Å²) in [7, 11) is 0. The van der Waals surface area contributed by atoms with Crippen molar-refractivity contribution >= 4 is 77.5 Å². The second-order valence-corrected chi connectivity index (χ2v) is 20.1. The van der Waals surface area contributed by atoms with Crippen molar-refractivity contribution in [3.05, 3.63) is 154 Å². The first-order valence-electron chi connectivity index (χ1n) is 24.0. The Kier molecular flexibility index (Phi) is 8.10. The summed E-state index contributed by atoms with van der Waals surface area (Å²) in [5, 5.41) is -0.866. The van der Waals surface area contributed by atoms with Gasteiger partial charge >= 0.3 is 0 Å². The van der Waals surface area contributed by atoms with Gasteiger partial charge in [0.05, 0.1) is 79.3 Å². The van der Waals surface area contributed by atoms with Gasteiger partial charge < -0.3 is 0 Å². The van der Waals surface area contributed by atoms with E-state index in [2.05, 4.69) is 0 Å². The average molecular weight is 939 g/mol. The largest absolute Gasteiger partial charge is 0.269 e. The van der Waals surface area contributed by atoms with Crippen molar-refractivity contribution in [1.29, 1.82) is 0 Å². The third kappa shape index (κ3) is 4.87. The van der Waals surface area contributed by atoms with Crippen LogP contribution in [0, 0.1) is 0 Å². The van der Waals surface area contributed by atoms with Gasteiger partial charge in [-0.3, -0.25) is 85.6 Å². The summed E-state index contributed by atoms with van der Waals surface area (Å²) in [6.07, 6.45) is 4.66. The van der Waals surface area contributed by atoms with Crippen molar-refractivity contribution in [3.63, 3.8) is 0 Å². The van der Waals surface area contributed by atoms with Gasteiger partial charge in [0.1, 0.15) is 0 Å². The van der Waals surface area contributed by atoms with Crippen molar-refractivity contribution in [1.82, 2.24) is 28.1 Å². The minimum absolute atomic E-state index is 0.0378. The molecule has 348 valence electrons. The number of carbonyl (C=O) groups excluding carboxylic acids is 4. The molecule has 0 unspecified atom stereocenters. The SMILES string of the molecule is O=C1c2ccc3c4c5ccc(c24)C(=O)N1[C@@H]1CCCC[C@H]1n1c(=O)c2cc4c(=O)n(c(=O)c4cc2c1=O)[C@@H]1CCCC[C@H]1n1c(=O)c2cc4c(=O)n(c(=O)c4cc2c1=O)[C@@H]1CCCC[C@H]1N(C3=O)C5=O. The van der Waals surface area contributed by atoms with E-state index < -0.39 is 104 Å². The zero-order chi connectivity index (χ0) is 48.1. The van der Waals surface area contributed by atoms with Gasteiger partial charge in [-0.25, -0.2) is 0 Å². The Hall–Kier alpha value is -8.02. The minimum Gasteiger partial charge on any atom is -0.269 e. The molecule has 0 N–H and O–H groups in total. The summed E-state index contributed by atoms with van der Waals surface area (Å²) >= 11 is 0. The minimum atomic E-state index is -1.00. The number of rotatable bonds is 0. The van der Waals surface area contributed by atoms with E-state index in [4.69, 9.17) is 0 Å². The van der Waals surface area contributed by atoms with Gasteiger partial charge in [0.2, 0.25) is 0 Å². The molecule has 17 aliphatic rings. The van der Waals surface area contributed by atoms with Crippen molar-refractivity contribution < 1.29 is 19.2 Å². The maximum atomic E-state index is 14.8. The Bertz CT molecular complexity index is 3820. The number of imide groups is 2. The molecule has 4 aromatic heterocycles. The zero-order valence-electron chi connectivity index (χ0n) is 37.2. The summed E-state index contributed by atoms with van der Waals surface area (Å²) in [6.45, 7) is 0. The number of amides is 4. The lowest BCUT2D eigenvalue weighted by Gasteiger charge is -2.42. The second-order valence-electron chi connectivity index (χ2n) is 20.1. The molecule has 18 heteroatoms. The predicted molar refractivity (Wildman–Crippen MR) is 254 cm³/mol. The highest BCUT2D eigenvalue weighted by molar-refractivity contribution is 6.33. The second kappa shape index (κ2) is 13.8. The van der Waals surface area contributed by atoms with Crippen LogP contribution in [0.4, 0.5) is 0 Å². The molecule has 0 radical (unpaired) electrons. The molecule has 4 amide bonds. The van der Waals surface area contributed by atoms with E-state index >= 15 is 0 Å². The fraction of sp³-hybridized carbons (Fsp3) is 0.346. The van der Waals surface area contributed by atoms with E-state index in [-0.39, 0.29) is 115 Å². The van der Waals surface area contributed by atoms with Gasteiger partial charge in [0.15, 0.2) is 0 Å². The van der Waals surface area contributed by atoms with Crippen LogP contribution in [0.3, 0.4) is 0 Å². The number of carbonyl (C=O) groups is 4. The summed E-state index contributed by atoms with van der Waals surface area (Å²) in [5.74, 6) is -2.94. The van der Waals surface area contributed by atoms with Crippen LogP contribution in [0.2, 0.25) is 0 Å². The Labute approximate surface area is 390 Å². The monoisotopic (exact) mass is 938 g/mol. The van der Waals surface area contributed by atoms with Crippen molar-refractivity contribution in [2.75, 3.05) is 0 Å². The molecule has 6 atom stereocenters. The van der Waals surface area contributed by atoms with E-state index in [1.54, 1.807) is 0 Å². The number of benzene rings is 4. The molecule has 25 rings (SSSR count). The molecule has 0 spiro atoms. The van der Waals surface area contributed by atoms with Crippen LogP contribution in [-0.2, 0) is 0 Å². The Morgan fingerprint density at radius 1 is 0.271 bits per heavy atom. The van der Waals surface area contributed by atoms with Crippen LogP contribution in [0.15, 0.2) is 86.9 Å². The first-order chi connectivity index (χ1) is 33.8. The van der Waals surface area contributed by atoms with E-state index in [1.165, 1.54) is 48.5 Å². The molecule has 14 aliphatic heterocycles. The standard InChI is InChI=1S/C52H38N6O12/c59-41-21-13-15-23-40-24-16-14-22(39(21)40)42(60)53(41)33-7-1-3-9-35(33)55-45(63)25-17-29-30(18-26(25)46(55)64)50(68)57(49(29)67)37-11-5-6-12-38(37)58-51(69)31-19-27-28(20-32(31)52(58)70)48(66)56(47(27)65)36-10-4-2-8-34(36)54(43(23)61)44(24)62/h13-20,33-38H,1-12H2/t33-,34-,35-,36-,37-,38-/m1/s1. The van der Waals surface area contributed by atoms with Gasteiger partial charge in [0, 0.05) is 33.0 Å². The van der Waals surface area contributed by atoms with Gasteiger partial charge in [0.25, 0.3) is 68.1 Å². The van der Waals surface area contributed by atoms with Gasteiger partial charge in [-0.05, 0) is 87.1 Å². The topological polar surface area (TPSA) is 231 Å². The number of aromatic nitrogens is 4. The van der Waals surface area contributed by atoms with Gasteiger partial charge in [-0.2, -0.15) is 0 Å². The fourth-order valence-electron chi connectivity index (χ4n) is 13.8. The van der Waals surface area contributed by atoms with Crippen LogP contribution in [0.1, 0.15) is 143 Å². The molecule has 8 aromatic rings. The lowest BCUT2D eigenvalue weighted by molar-refractivity contribution is 0.0411. The van der Waals surface area contributed by atoms with Crippen LogP contribution in [-0.4, -0.2) is 63.8 Å². The van der Waals surface area contributed by atoms with E-state index in [9.17, 15) is 57.5 Å². The molecule has 3 fully saturated rings. The first-order valence-corrected chi connectivity index (χ1v) is 24.0. The van der Waals surface area contributed by atoms with Gasteiger partial charge in [-0.15, -0.1) is 0 Å². The zero-order valence-corrected chi connectivity index (χ0v) is 37.2. The number of hydrogen-bond donors (Lipinski definition) is 0. The maximum absolute atomic E-state index is 14.8. The van der Waals surface area contributed by atoms with Crippen LogP contribution in [0.25, 0.3) is 53.9 Å². The van der Waals surface area contributed by atoms with Crippen molar-refractivity contribution in [3.8, 4) is 0 Å². The normalized spacial score (nSPS) is 24.4. The third-order valence-corrected chi connectivity index (χ3v) is 16.9. The molecular formula is C52H38N6O12.